The van der Waals surface area contributed by atoms with E-state index in [2.05, 4.69) is 6.58 Å². The Hall–Kier alpha value is -2.88. The summed E-state index contributed by atoms with van der Waals surface area (Å²) in [7, 11) is 0. The molecule has 0 aromatic heterocycles. The standard InChI is InChI=1S/C23H24O4/c1-2-16-26-20-12-10-19(11-13-20)23(25)27-21-14-8-18(9-15-21)22(24)17-6-4-3-5-7-17/h2,8-15,17H,1,3-7,16H2. The number of hydrogen-bond donors (Lipinski definition) is 0. The van der Waals surface area contributed by atoms with Gasteiger partial charge in [-0.2, -0.15) is 0 Å². The topological polar surface area (TPSA) is 52.6 Å². The first-order valence-electron chi connectivity index (χ1n) is 9.37. The van der Waals surface area contributed by atoms with E-state index in [1.807, 2.05) is 0 Å². The third kappa shape index (κ3) is 5.07. The number of carbonyl (C=O) groups excluding carboxylic acids is 2. The second-order valence-electron chi connectivity index (χ2n) is 6.74. The van der Waals surface area contributed by atoms with E-state index in [4.69, 9.17) is 9.47 Å². The lowest BCUT2D eigenvalue weighted by Crippen LogP contribution is -2.17. The van der Waals surface area contributed by atoms with Crippen LogP contribution < -0.4 is 9.47 Å². The van der Waals surface area contributed by atoms with Crippen molar-refractivity contribution in [2.75, 3.05) is 6.61 Å². The third-order valence-electron chi connectivity index (χ3n) is 4.78. The molecule has 0 bridgehead atoms. The number of rotatable bonds is 7. The van der Waals surface area contributed by atoms with E-state index in [1.54, 1.807) is 54.6 Å². The van der Waals surface area contributed by atoms with Crippen LogP contribution in [0, 0.1) is 5.92 Å². The molecule has 1 aliphatic rings. The largest absolute Gasteiger partial charge is 0.490 e. The number of benzene rings is 2. The van der Waals surface area contributed by atoms with Crippen LogP contribution in [0.15, 0.2) is 61.2 Å². The first-order chi connectivity index (χ1) is 13.2. The molecule has 0 radical (unpaired) electrons. The zero-order chi connectivity index (χ0) is 19.1. The normalized spacial score (nSPS) is 14.4. The zero-order valence-corrected chi connectivity index (χ0v) is 15.4. The highest BCUT2D eigenvalue weighted by molar-refractivity contribution is 5.98. The van der Waals surface area contributed by atoms with Crippen LogP contribution >= 0.6 is 0 Å². The van der Waals surface area contributed by atoms with Crippen LogP contribution in [0.4, 0.5) is 0 Å². The van der Waals surface area contributed by atoms with E-state index in [-0.39, 0.29) is 11.7 Å². The molecule has 0 saturated heterocycles. The minimum absolute atomic E-state index is 0.133. The average Bonchev–Trinajstić information content (AvgIpc) is 2.73. The first-order valence-corrected chi connectivity index (χ1v) is 9.37. The van der Waals surface area contributed by atoms with Crippen LogP contribution in [-0.4, -0.2) is 18.4 Å². The van der Waals surface area contributed by atoms with Crippen LogP contribution in [0.25, 0.3) is 0 Å². The lowest BCUT2D eigenvalue weighted by atomic mass is 9.84. The van der Waals surface area contributed by atoms with Crippen molar-refractivity contribution in [3.05, 3.63) is 72.3 Å². The molecule has 1 aliphatic carbocycles. The smallest absolute Gasteiger partial charge is 0.343 e. The molecule has 27 heavy (non-hydrogen) atoms. The fourth-order valence-electron chi connectivity index (χ4n) is 3.30. The Morgan fingerprint density at radius 2 is 1.48 bits per heavy atom. The summed E-state index contributed by atoms with van der Waals surface area (Å²) in [4.78, 5) is 24.8. The Kier molecular flexibility index (Phi) is 6.42. The number of hydrogen-bond acceptors (Lipinski definition) is 4. The molecule has 0 atom stereocenters. The molecule has 0 amide bonds. The van der Waals surface area contributed by atoms with Gasteiger partial charge < -0.3 is 9.47 Å². The van der Waals surface area contributed by atoms with Gasteiger partial charge in [-0.25, -0.2) is 4.79 Å². The maximum absolute atomic E-state index is 12.5. The summed E-state index contributed by atoms with van der Waals surface area (Å²) in [6.07, 6.45) is 7.09. The van der Waals surface area contributed by atoms with Crippen molar-refractivity contribution in [3.8, 4) is 11.5 Å². The molecule has 0 unspecified atom stereocenters. The third-order valence-corrected chi connectivity index (χ3v) is 4.78. The molecule has 1 saturated carbocycles. The molecule has 4 heteroatoms. The van der Waals surface area contributed by atoms with Crippen LogP contribution in [0.5, 0.6) is 11.5 Å². The molecule has 0 spiro atoms. The molecule has 140 valence electrons. The SMILES string of the molecule is C=CCOc1ccc(C(=O)Oc2ccc(C(=O)C3CCCCC3)cc2)cc1. The van der Waals surface area contributed by atoms with E-state index in [1.165, 1.54) is 6.42 Å². The minimum Gasteiger partial charge on any atom is -0.490 e. The van der Waals surface area contributed by atoms with Gasteiger partial charge >= 0.3 is 5.97 Å². The van der Waals surface area contributed by atoms with E-state index >= 15 is 0 Å². The molecule has 0 heterocycles. The highest BCUT2D eigenvalue weighted by Gasteiger charge is 2.22. The van der Waals surface area contributed by atoms with Crippen LogP contribution in [0.1, 0.15) is 52.8 Å². The molecule has 1 fully saturated rings. The molecule has 2 aromatic carbocycles. The quantitative estimate of drug-likeness (QED) is 0.292. The fourth-order valence-corrected chi connectivity index (χ4v) is 3.30. The van der Waals surface area contributed by atoms with Gasteiger partial charge in [-0.1, -0.05) is 31.9 Å². The van der Waals surface area contributed by atoms with Crippen molar-refractivity contribution in [2.45, 2.75) is 32.1 Å². The minimum atomic E-state index is -0.448. The molecular weight excluding hydrogens is 340 g/mol. The molecular formula is C23H24O4. The molecule has 0 N–H and O–H groups in total. The van der Waals surface area contributed by atoms with Crippen molar-refractivity contribution in [3.63, 3.8) is 0 Å². The van der Waals surface area contributed by atoms with Crippen molar-refractivity contribution in [1.82, 2.24) is 0 Å². The van der Waals surface area contributed by atoms with Gasteiger partial charge in [-0.3, -0.25) is 4.79 Å². The highest BCUT2D eigenvalue weighted by atomic mass is 16.5. The molecule has 3 rings (SSSR count). The Morgan fingerprint density at radius 1 is 0.889 bits per heavy atom. The van der Waals surface area contributed by atoms with Crippen molar-refractivity contribution >= 4 is 11.8 Å². The van der Waals surface area contributed by atoms with Gasteiger partial charge in [-0.15, -0.1) is 0 Å². The van der Waals surface area contributed by atoms with Gasteiger partial charge in [0, 0.05) is 11.5 Å². The van der Waals surface area contributed by atoms with Crippen molar-refractivity contribution in [2.24, 2.45) is 5.92 Å². The number of esters is 1. The summed E-state index contributed by atoms with van der Waals surface area (Å²) in [5.74, 6) is 0.970. The molecule has 4 nitrogen and oxygen atoms in total. The van der Waals surface area contributed by atoms with Gasteiger partial charge in [0.2, 0.25) is 0 Å². The highest BCUT2D eigenvalue weighted by Crippen LogP contribution is 2.27. The number of carbonyl (C=O) groups is 2. The van der Waals surface area contributed by atoms with Crippen LogP contribution in [0.2, 0.25) is 0 Å². The van der Waals surface area contributed by atoms with Crippen LogP contribution in [0.3, 0.4) is 0 Å². The monoisotopic (exact) mass is 364 g/mol. The average molecular weight is 364 g/mol. The lowest BCUT2D eigenvalue weighted by Gasteiger charge is -2.20. The van der Waals surface area contributed by atoms with Gasteiger partial charge in [0.1, 0.15) is 18.1 Å². The molecule has 0 aliphatic heterocycles. The number of Topliss-reactive ketones (excluding diaryl/α,β-unsaturated/α-hetero) is 1. The zero-order valence-electron chi connectivity index (χ0n) is 15.4. The van der Waals surface area contributed by atoms with E-state index < -0.39 is 5.97 Å². The van der Waals surface area contributed by atoms with Crippen LogP contribution in [-0.2, 0) is 0 Å². The van der Waals surface area contributed by atoms with Gasteiger partial charge in [0.05, 0.1) is 5.56 Å². The summed E-state index contributed by atoms with van der Waals surface area (Å²) < 4.78 is 10.8. The maximum atomic E-state index is 12.5. The van der Waals surface area contributed by atoms with Crippen molar-refractivity contribution in [1.29, 1.82) is 0 Å². The Morgan fingerprint density at radius 3 is 2.11 bits per heavy atom. The van der Waals surface area contributed by atoms with E-state index in [0.717, 1.165) is 25.7 Å². The lowest BCUT2D eigenvalue weighted by molar-refractivity contribution is 0.0734. The fraction of sp³-hybridized carbons (Fsp3) is 0.304. The predicted molar refractivity (Wildman–Crippen MR) is 104 cm³/mol. The Bertz CT molecular complexity index is 784. The number of ether oxygens (including phenoxy) is 2. The number of ketones is 1. The summed E-state index contributed by atoms with van der Waals surface area (Å²) in [6, 6.07) is 13.6. The Labute approximate surface area is 159 Å². The van der Waals surface area contributed by atoms with Gasteiger partial charge in [-0.05, 0) is 61.4 Å². The molecule has 2 aromatic rings. The van der Waals surface area contributed by atoms with Crippen molar-refractivity contribution < 1.29 is 19.1 Å². The van der Waals surface area contributed by atoms with E-state index in [0.29, 0.717) is 29.2 Å². The second kappa shape index (κ2) is 9.17. The maximum Gasteiger partial charge on any atom is 0.343 e. The second-order valence-corrected chi connectivity index (χ2v) is 6.74. The predicted octanol–water partition coefficient (Wildman–Crippen LogP) is 5.23. The Balaban J connectivity index is 1.59. The van der Waals surface area contributed by atoms with Gasteiger partial charge in [0.15, 0.2) is 5.78 Å². The summed E-state index contributed by atoms with van der Waals surface area (Å²) in [5.41, 5.74) is 1.12. The van der Waals surface area contributed by atoms with E-state index in [9.17, 15) is 9.59 Å². The summed E-state index contributed by atoms with van der Waals surface area (Å²) in [5, 5.41) is 0. The van der Waals surface area contributed by atoms with Gasteiger partial charge in [0.25, 0.3) is 0 Å². The first kappa shape index (κ1) is 18.9. The summed E-state index contributed by atoms with van der Waals surface area (Å²) >= 11 is 0. The summed E-state index contributed by atoms with van der Waals surface area (Å²) in [6.45, 7) is 4.00.